The lowest BCUT2D eigenvalue weighted by Gasteiger charge is -2.25. The lowest BCUT2D eigenvalue weighted by molar-refractivity contribution is -0.139. The molecule has 0 aromatic carbocycles. The molecule has 39 valence electrons. The first-order valence-electron chi connectivity index (χ1n) is 2.15. The highest BCUT2D eigenvalue weighted by atomic mass is 16.5. The van der Waals surface area contributed by atoms with Gasteiger partial charge in [-0.05, 0) is 6.92 Å². The van der Waals surface area contributed by atoms with E-state index >= 15 is 0 Å². The number of rotatable bonds is 0. The van der Waals surface area contributed by atoms with E-state index in [1.807, 2.05) is 6.92 Å². The summed E-state index contributed by atoms with van der Waals surface area (Å²) in [7, 11) is 0. The number of hydrogen-bond donors (Lipinski definition) is 2. The van der Waals surface area contributed by atoms with Crippen molar-refractivity contribution in [1.82, 2.24) is 0 Å². The molecule has 0 aromatic rings. The maximum atomic E-state index is 8.51. The van der Waals surface area contributed by atoms with Crippen molar-refractivity contribution in [3.8, 4) is 0 Å². The molecule has 0 spiro atoms. The molecule has 2 nitrogen and oxygen atoms in total. The summed E-state index contributed by atoms with van der Waals surface area (Å²) in [5.41, 5.74) is 0.921. The molecule has 1 aliphatic rings. The highest BCUT2D eigenvalue weighted by Crippen LogP contribution is 2.24. The SMILES string of the molecule is CC1=[C]C(O)(O)C1. The predicted molar refractivity (Wildman–Crippen MR) is 24.2 cm³/mol. The maximum Gasteiger partial charge on any atom is 0.194 e. The number of hydrogen-bond acceptors (Lipinski definition) is 2. The van der Waals surface area contributed by atoms with Gasteiger partial charge in [0.25, 0.3) is 0 Å². The first-order valence-corrected chi connectivity index (χ1v) is 2.15. The molecule has 0 heterocycles. The third kappa shape index (κ3) is 0.813. The third-order valence-corrected chi connectivity index (χ3v) is 0.925. The largest absolute Gasteiger partial charge is 0.362 e. The highest BCUT2D eigenvalue weighted by molar-refractivity contribution is 5.12. The summed E-state index contributed by atoms with van der Waals surface area (Å²) in [5.74, 6) is -1.59. The van der Waals surface area contributed by atoms with Crippen LogP contribution in [0, 0.1) is 6.08 Å². The van der Waals surface area contributed by atoms with Crippen LogP contribution in [-0.4, -0.2) is 16.0 Å². The fourth-order valence-corrected chi connectivity index (χ4v) is 0.693. The van der Waals surface area contributed by atoms with E-state index in [1.165, 1.54) is 0 Å². The van der Waals surface area contributed by atoms with Gasteiger partial charge in [-0.15, -0.1) is 0 Å². The quantitative estimate of drug-likeness (QED) is 0.413. The zero-order chi connectivity index (χ0) is 5.49. The number of aliphatic hydroxyl groups is 2. The molecular formula is C5H7O2. The average Bonchev–Trinajstić information content (AvgIpc) is 1.27. The van der Waals surface area contributed by atoms with Gasteiger partial charge in [-0.2, -0.15) is 0 Å². The molecule has 1 rings (SSSR count). The fourth-order valence-electron chi connectivity index (χ4n) is 0.693. The van der Waals surface area contributed by atoms with E-state index in [0.717, 1.165) is 5.57 Å². The van der Waals surface area contributed by atoms with Gasteiger partial charge < -0.3 is 10.2 Å². The van der Waals surface area contributed by atoms with E-state index in [2.05, 4.69) is 6.08 Å². The summed E-state index contributed by atoms with van der Waals surface area (Å²) >= 11 is 0. The minimum atomic E-state index is -1.59. The summed E-state index contributed by atoms with van der Waals surface area (Å²) in [5, 5.41) is 17.0. The van der Waals surface area contributed by atoms with E-state index in [9.17, 15) is 0 Å². The molecule has 0 atom stereocenters. The topological polar surface area (TPSA) is 40.5 Å². The average molecular weight is 99.1 g/mol. The zero-order valence-corrected chi connectivity index (χ0v) is 4.10. The molecule has 0 bridgehead atoms. The first kappa shape index (κ1) is 4.81. The molecule has 0 aliphatic heterocycles. The minimum Gasteiger partial charge on any atom is -0.362 e. The van der Waals surface area contributed by atoms with Crippen LogP contribution in [0.3, 0.4) is 0 Å². The highest BCUT2D eigenvalue weighted by Gasteiger charge is 2.29. The van der Waals surface area contributed by atoms with Crippen LogP contribution >= 0.6 is 0 Å². The van der Waals surface area contributed by atoms with E-state index in [0.29, 0.717) is 6.42 Å². The lowest BCUT2D eigenvalue weighted by atomic mass is 9.94. The molecule has 0 unspecified atom stereocenters. The standard InChI is InChI=1S/C5H7O2/c1-4-2-5(6,7)3-4/h6-7H,2H2,1H3. The molecule has 1 radical (unpaired) electrons. The van der Waals surface area contributed by atoms with E-state index in [1.54, 1.807) is 0 Å². The van der Waals surface area contributed by atoms with Crippen molar-refractivity contribution in [2.75, 3.05) is 0 Å². The molecule has 0 amide bonds. The van der Waals surface area contributed by atoms with Gasteiger partial charge in [0.1, 0.15) is 0 Å². The van der Waals surface area contributed by atoms with Crippen LogP contribution in [0.15, 0.2) is 5.57 Å². The molecule has 0 saturated heterocycles. The summed E-state index contributed by atoms with van der Waals surface area (Å²) in [4.78, 5) is 0. The summed E-state index contributed by atoms with van der Waals surface area (Å²) in [6.07, 6.45) is 2.76. The Morgan fingerprint density at radius 1 is 1.71 bits per heavy atom. The van der Waals surface area contributed by atoms with Gasteiger partial charge in [-0.1, -0.05) is 5.57 Å². The van der Waals surface area contributed by atoms with E-state index in [4.69, 9.17) is 10.2 Å². The Bertz CT molecular complexity index is 113. The first-order chi connectivity index (χ1) is 3.10. The molecule has 1 aliphatic carbocycles. The Morgan fingerprint density at radius 2 is 2.14 bits per heavy atom. The monoisotopic (exact) mass is 99.0 g/mol. The molecule has 2 heteroatoms. The zero-order valence-electron chi connectivity index (χ0n) is 4.10. The van der Waals surface area contributed by atoms with Crippen LogP contribution in [-0.2, 0) is 0 Å². The third-order valence-electron chi connectivity index (χ3n) is 0.925. The van der Waals surface area contributed by atoms with Crippen molar-refractivity contribution >= 4 is 0 Å². The van der Waals surface area contributed by atoms with Crippen LogP contribution < -0.4 is 0 Å². The molecular weight excluding hydrogens is 92.1 g/mol. The van der Waals surface area contributed by atoms with Crippen molar-refractivity contribution in [3.63, 3.8) is 0 Å². The normalized spacial score (nSPS) is 25.9. The van der Waals surface area contributed by atoms with Gasteiger partial charge in [0, 0.05) is 12.5 Å². The second-order valence-electron chi connectivity index (χ2n) is 1.90. The predicted octanol–water partition coefficient (Wildman–Crippen LogP) is -0.180. The molecule has 0 fully saturated rings. The second-order valence-corrected chi connectivity index (χ2v) is 1.90. The smallest absolute Gasteiger partial charge is 0.194 e. The van der Waals surface area contributed by atoms with Crippen LogP contribution in [0.4, 0.5) is 0 Å². The summed E-state index contributed by atoms with van der Waals surface area (Å²) in [6, 6.07) is 0. The Hall–Kier alpha value is -0.340. The Labute approximate surface area is 42.1 Å². The van der Waals surface area contributed by atoms with Gasteiger partial charge in [-0.3, -0.25) is 0 Å². The van der Waals surface area contributed by atoms with Crippen molar-refractivity contribution in [2.45, 2.75) is 19.1 Å². The lowest BCUT2D eigenvalue weighted by Crippen LogP contribution is -2.33. The molecule has 0 saturated carbocycles. The van der Waals surface area contributed by atoms with Crippen molar-refractivity contribution < 1.29 is 10.2 Å². The fraction of sp³-hybridized carbons (Fsp3) is 0.600. The van der Waals surface area contributed by atoms with Crippen LogP contribution in [0.5, 0.6) is 0 Å². The summed E-state index contributed by atoms with van der Waals surface area (Å²) < 4.78 is 0. The Balaban J connectivity index is 2.60. The van der Waals surface area contributed by atoms with Crippen LogP contribution in [0.1, 0.15) is 13.3 Å². The van der Waals surface area contributed by atoms with Crippen LogP contribution in [0.25, 0.3) is 0 Å². The molecule has 0 aromatic heterocycles. The van der Waals surface area contributed by atoms with Gasteiger partial charge >= 0.3 is 0 Å². The maximum absolute atomic E-state index is 8.51. The molecule has 7 heavy (non-hydrogen) atoms. The van der Waals surface area contributed by atoms with Gasteiger partial charge in [-0.25, -0.2) is 0 Å². The Morgan fingerprint density at radius 3 is 2.14 bits per heavy atom. The van der Waals surface area contributed by atoms with Crippen molar-refractivity contribution in [2.24, 2.45) is 0 Å². The minimum absolute atomic E-state index is 0.354. The summed E-state index contributed by atoms with van der Waals surface area (Å²) in [6.45, 7) is 1.81. The molecule has 2 N–H and O–H groups in total. The van der Waals surface area contributed by atoms with Crippen molar-refractivity contribution in [3.05, 3.63) is 11.6 Å². The van der Waals surface area contributed by atoms with Crippen LogP contribution in [0.2, 0.25) is 0 Å². The van der Waals surface area contributed by atoms with Gasteiger partial charge in [0.05, 0.1) is 0 Å². The van der Waals surface area contributed by atoms with E-state index < -0.39 is 5.79 Å². The van der Waals surface area contributed by atoms with E-state index in [-0.39, 0.29) is 0 Å². The van der Waals surface area contributed by atoms with Gasteiger partial charge in [0.2, 0.25) is 0 Å². The van der Waals surface area contributed by atoms with Gasteiger partial charge in [0.15, 0.2) is 5.79 Å². The Kier molecular flexibility index (Phi) is 0.743. The van der Waals surface area contributed by atoms with Crippen molar-refractivity contribution in [1.29, 1.82) is 0 Å². The second kappa shape index (κ2) is 1.08.